The third kappa shape index (κ3) is 3.64. The van der Waals surface area contributed by atoms with Crippen molar-refractivity contribution in [1.82, 2.24) is 4.98 Å². The number of hydrogen-bond acceptors (Lipinski definition) is 5. The Balaban J connectivity index is 1.32. The first kappa shape index (κ1) is 22.3. The van der Waals surface area contributed by atoms with E-state index in [0.29, 0.717) is 11.1 Å². The second kappa shape index (κ2) is 8.91. The maximum absolute atomic E-state index is 13.3. The number of allylic oxidation sites excluding steroid dienone is 1. The molecule has 38 heavy (non-hydrogen) atoms. The zero-order chi connectivity index (χ0) is 25.6. The summed E-state index contributed by atoms with van der Waals surface area (Å²) in [5.74, 6) is -0.437. The molecule has 5 heteroatoms. The van der Waals surface area contributed by atoms with Gasteiger partial charge in [0.1, 0.15) is 5.00 Å². The molecule has 180 valence electrons. The minimum Gasteiger partial charge on any atom is -0.300 e. The van der Waals surface area contributed by atoms with Gasteiger partial charge in [0.05, 0.1) is 23.1 Å². The van der Waals surface area contributed by atoms with Crippen molar-refractivity contribution < 1.29 is 9.59 Å². The molecule has 1 aliphatic rings. The first-order valence-electron chi connectivity index (χ1n) is 12.3. The fourth-order valence-corrected chi connectivity index (χ4v) is 6.08. The van der Waals surface area contributed by atoms with Gasteiger partial charge in [-0.1, -0.05) is 60.7 Å². The molecule has 0 spiro atoms. The van der Waals surface area contributed by atoms with E-state index in [4.69, 9.17) is 0 Å². The number of ketones is 2. The topological polar surface area (TPSA) is 50.3 Å². The number of aromatic nitrogens is 1. The summed E-state index contributed by atoms with van der Waals surface area (Å²) in [6.45, 7) is 0. The highest BCUT2D eigenvalue weighted by Gasteiger charge is 2.33. The van der Waals surface area contributed by atoms with Crippen LogP contribution in [0.3, 0.4) is 0 Å². The van der Waals surface area contributed by atoms with E-state index in [0.717, 1.165) is 42.8 Å². The van der Waals surface area contributed by atoms with Crippen LogP contribution >= 0.6 is 11.3 Å². The largest absolute Gasteiger partial charge is 0.300 e. The number of pyridine rings is 1. The molecule has 2 aromatic heterocycles. The number of hydrogen-bond donors (Lipinski definition) is 0. The van der Waals surface area contributed by atoms with E-state index in [1.165, 1.54) is 11.3 Å². The Labute approximate surface area is 223 Å². The third-order valence-electron chi connectivity index (χ3n) is 6.90. The Morgan fingerprint density at radius 2 is 1.37 bits per heavy atom. The first-order chi connectivity index (χ1) is 18.7. The Hall–Kier alpha value is -4.87. The number of anilines is 3. The molecule has 0 amide bonds. The van der Waals surface area contributed by atoms with E-state index in [-0.39, 0.29) is 17.1 Å². The van der Waals surface area contributed by atoms with Gasteiger partial charge >= 0.3 is 0 Å². The molecule has 0 saturated heterocycles. The SMILES string of the molecule is O=C1C(=Cc2ccc(N(c3cccnc3)c3cccc4ccccc34)s2)C(=O)c2cc3ccccc3cc21. The van der Waals surface area contributed by atoms with Crippen LogP contribution in [0.2, 0.25) is 0 Å². The second-order valence-corrected chi connectivity index (χ2v) is 10.3. The summed E-state index contributed by atoms with van der Waals surface area (Å²) < 4.78 is 0. The summed E-state index contributed by atoms with van der Waals surface area (Å²) in [5.41, 5.74) is 3.12. The van der Waals surface area contributed by atoms with Crippen molar-refractivity contribution in [3.8, 4) is 0 Å². The number of benzene rings is 4. The number of nitrogens with zero attached hydrogens (tertiary/aromatic N) is 2. The standard InChI is InChI=1S/C33H20N2O2S/c36-32-27-17-22-8-1-2-9-23(22)18-28(27)33(37)29(32)19-25-14-15-31(38-25)35(24-11-6-16-34-20-24)30-13-5-10-21-7-3-4-12-26(21)30/h1-20H. The van der Waals surface area contributed by atoms with E-state index in [2.05, 4.69) is 40.2 Å². The number of Topliss-reactive ketones (excluding diaryl/α,β-unsaturated/α-hetero) is 2. The van der Waals surface area contributed by atoms with Gasteiger partial charge in [0.25, 0.3) is 0 Å². The van der Waals surface area contributed by atoms with Gasteiger partial charge in [-0.05, 0) is 64.7 Å². The summed E-state index contributed by atoms with van der Waals surface area (Å²) in [4.78, 5) is 33.9. The van der Waals surface area contributed by atoms with Crippen molar-refractivity contribution in [2.45, 2.75) is 0 Å². The lowest BCUT2D eigenvalue weighted by Gasteiger charge is -2.24. The van der Waals surface area contributed by atoms with E-state index < -0.39 is 0 Å². The lowest BCUT2D eigenvalue weighted by molar-refractivity contribution is 0.0990. The van der Waals surface area contributed by atoms with Crippen molar-refractivity contribution >= 4 is 66.9 Å². The average Bonchev–Trinajstić information content (AvgIpc) is 3.51. The number of rotatable bonds is 4. The molecule has 0 aliphatic heterocycles. The van der Waals surface area contributed by atoms with Gasteiger partial charge in [0, 0.05) is 27.6 Å². The molecule has 0 saturated carbocycles. The minimum atomic E-state index is -0.219. The molecule has 0 atom stereocenters. The average molecular weight is 509 g/mol. The lowest BCUT2D eigenvalue weighted by atomic mass is 10.0. The molecular formula is C33H20N2O2S. The monoisotopic (exact) mass is 508 g/mol. The van der Waals surface area contributed by atoms with Crippen LogP contribution in [0.4, 0.5) is 16.4 Å². The zero-order valence-corrected chi connectivity index (χ0v) is 21.0. The summed E-state index contributed by atoms with van der Waals surface area (Å²) in [5, 5.41) is 5.13. The molecule has 2 heterocycles. The number of carbonyl (C=O) groups excluding carboxylic acids is 2. The highest BCUT2D eigenvalue weighted by Crippen LogP contribution is 2.42. The predicted octanol–water partition coefficient (Wildman–Crippen LogP) is 8.38. The highest BCUT2D eigenvalue weighted by atomic mass is 32.1. The van der Waals surface area contributed by atoms with Crippen LogP contribution in [0.15, 0.2) is 121 Å². The maximum atomic E-state index is 13.3. The number of carbonyl (C=O) groups is 2. The molecule has 4 aromatic carbocycles. The number of fused-ring (bicyclic) bond motifs is 3. The van der Waals surface area contributed by atoms with Gasteiger partial charge in [-0.15, -0.1) is 11.3 Å². The van der Waals surface area contributed by atoms with Crippen LogP contribution in [0.5, 0.6) is 0 Å². The van der Waals surface area contributed by atoms with Gasteiger partial charge in [0.2, 0.25) is 0 Å². The molecule has 6 aromatic rings. The molecule has 1 aliphatic carbocycles. The van der Waals surface area contributed by atoms with E-state index in [1.54, 1.807) is 12.3 Å². The van der Waals surface area contributed by atoms with Crippen molar-refractivity contribution in [2.75, 3.05) is 4.90 Å². The molecular weight excluding hydrogens is 488 g/mol. The van der Waals surface area contributed by atoms with Crippen LogP contribution < -0.4 is 4.90 Å². The zero-order valence-electron chi connectivity index (χ0n) is 20.2. The Kier molecular flexibility index (Phi) is 5.23. The number of thiophene rings is 1. The lowest BCUT2D eigenvalue weighted by Crippen LogP contribution is -2.09. The molecule has 0 N–H and O–H groups in total. The van der Waals surface area contributed by atoms with Crippen LogP contribution in [-0.2, 0) is 0 Å². The highest BCUT2D eigenvalue weighted by molar-refractivity contribution is 7.17. The van der Waals surface area contributed by atoms with Crippen molar-refractivity contribution in [2.24, 2.45) is 0 Å². The summed E-state index contributed by atoms with van der Waals surface area (Å²) in [6, 6.07) is 33.9. The molecule has 0 fully saturated rings. The predicted molar refractivity (Wildman–Crippen MR) is 155 cm³/mol. The second-order valence-electron chi connectivity index (χ2n) is 9.18. The van der Waals surface area contributed by atoms with Gasteiger partial charge < -0.3 is 0 Å². The van der Waals surface area contributed by atoms with Gasteiger partial charge in [-0.2, -0.15) is 0 Å². The molecule has 4 nitrogen and oxygen atoms in total. The Bertz CT molecular complexity index is 1860. The van der Waals surface area contributed by atoms with Crippen LogP contribution in [0.1, 0.15) is 25.6 Å². The van der Waals surface area contributed by atoms with E-state index >= 15 is 0 Å². The summed E-state index contributed by atoms with van der Waals surface area (Å²) in [6.07, 6.45) is 5.33. The molecule has 0 bridgehead atoms. The Morgan fingerprint density at radius 1 is 0.684 bits per heavy atom. The molecule has 0 radical (unpaired) electrons. The van der Waals surface area contributed by atoms with Crippen molar-refractivity contribution in [1.29, 1.82) is 0 Å². The van der Waals surface area contributed by atoms with E-state index in [1.807, 2.05) is 79.0 Å². The maximum Gasteiger partial charge on any atom is 0.197 e. The summed E-state index contributed by atoms with van der Waals surface area (Å²) in [7, 11) is 0. The normalized spacial score (nSPS) is 12.8. The van der Waals surface area contributed by atoms with Gasteiger partial charge in [-0.25, -0.2) is 0 Å². The fraction of sp³-hybridized carbons (Fsp3) is 0. The Morgan fingerprint density at radius 3 is 2.08 bits per heavy atom. The van der Waals surface area contributed by atoms with Crippen molar-refractivity contribution in [3.05, 3.63) is 137 Å². The smallest absolute Gasteiger partial charge is 0.197 e. The fourth-order valence-electron chi connectivity index (χ4n) is 5.10. The van der Waals surface area contributed by atoms with Gasteiger partial charge in [-0.3, -0.25) is 19.5 Å². The summed E-state index contributed by atoms with van der Waals surface area (Å²) >= 11 is 1.53. The third-order valence-corrected chi connectivity index (χ3v) is 7.91. The van der Waals surface area contributed by atoms with Crippen LogP contribution in [0.25, 0.3) is 27.6 Å². The van der Waals surface area contributed by atoms with E-state index in [9.17, 15) is 9.59 Å². The minimum absolute atomic E-state index is 0.210. The first-order valence-corrected chi connectivity index (χ1v) is 13.1. The van der Waals surface area contributed by atoms with Gasteiger partial charge in [0.15, 0.2) is 11.6 Å². The van der Waals surface area contributed by atoms with Crippen molar-refractivity contribution in [3.63, 3.8) is 0 Å². The van der Waals surface area contributed by atoms with Crippen LogP contribution in [-0.4, -0.2) is 16.6 Å². The quantitative estimate of drug-likeness (QED) is 0.177. The molecule has 0 unspecified atom stereocenters. The van der Waals surface area contributed by atoms with Crippen LogP contribution in [0, 0.1) is 0 Å². The molecule has 7 rings (SSSR count).